The van der Waals surface area contributed by atoms with Gasteiger partial charge in [-0.3, -0.25) is 9.59 Å². The van der Waals surface area contributed by atoms with Crippen molar-refractivity contribution in [2.75, 3.05) is 29.9 Å². The molecule has 3 heterocycles. The van der Waals surface area contributed by atoms with Gasteiger partial charge in [0.05, 0.1) is 23.4 Å². The first-order valence-electron chi connectivity index (χ1n) is 10.4. The molecule has 28 heavy (non-hydrogen) atoms. The van der Waals surface area contributed by atoms with Gasteiger partial charge in [0.15, 0.2) is 0 Å². The van der Waals surface area contributed by atoms with E-state index in [0.717, 1.165) is 63.9 Å². The van der Waals surface area contributed by atoms with E-state index in [1.807, 2.05) is 12.1 Å². The predicted octanol–water partition coefficient (Wildman–Crippen LogP) is 2.16. The molecule has 1 aromatic rings. The van der Waals surface area contributed by atoms with E-state index < -0.39 is 0 Å². The number of hydrogen-bond acceptors (Lipinski definition) is 5. The molecule has 1 aromatic heterocycles. The van der Waals surface area contributed by atoms with Gasteiger partial charge in [-0.1, -0.05) is 0 Å². The van der Waals surface area contributed by atoms with Crippen LogP contribution in [0.3, 0.4) is 0 Å². The number of aromatic nitrogens is 1. The maximum Gasteiger partial charge on any atom is 0.230 e. The van der Waals surface area contributed by atoms with Crippen molar-refractivity contribution in [3.63, 3.8) is 0 Å². The first-order chi connectivity index (χ1) is 13.5. The van der Waals surface area contributed by atoms with E-state index >= 15 is 0 Å². The third-order valence-electron chi connectivity index (χ3n) is 6.62. The van der Waals surface area contributed by atoms with Gasteiger partial charge in [0, 0.05) is 32.6 Å². The molecule has 0 bridgehead atoms. The fraction of sp³-hybridized carbons (Fsp3) is 0.667. The molecular formula is C21H30N4O3. The van der Waals surface area contributed by atoms with Crippen molar-refractivity contribution < 1.29 is 14.7 Å². The number of amides is 2. The molecule has 0 radical (unpaired) electrons. The maximum absolute atomic E-state index is 13.4. The molecule has 2 saturated heterocycles. The Labute approximate surface area is 166 Å². The molecule has 152 valence electrons. The van der Waals surface area contributed by atoms with Crippen LogP contribution < -0.4 is 10.2 Å². The van der Waals surface area contributed by atoms with Gasteiger partial charge in [-0.15, -0.1) is 0 Å². The summed E-state index contributed by atoms with van der Waals surface area (Å²) in [5.41, 5.74) is 0.386. The van der Waals surface area contributed by atoms with Crippen LogP contribution in [0.15, 0.2) is 18.3 Å². The molecule has 1 aliphatic carbocycles. The molecule has 2 amide bonds. The highest BCUT2D eigenvalue weighted by molar-refractivity contribution is 5.88. The molecule has 2 aliphatic heterocycles. The summed E-state index contributed by atoms with van der Waals surface area (Å²) in [6.45, 7) is 3.93. The molecule has 7 nitrogen and oxygen atoms in total. The second kappa shape index (κ2) is 7.70. The van der Waals surface area contributed by atoms with E-state index in [0.29, 0.717) is 24.2 Å². The highest BCUT2D eigenvalue weighted by Crippen LogP contribution is 2.43. The first-order valence-corrected chi connectivity index (χ1v) is 10.4. The molecule has 1 unspecified atom stereocenters. The number of piperidine rings is 1. The number of hydrogen-bond donors (Lipinski definition) is 2. The number of likely N-dealkylation sites (tertiary alicyclic amines) is 1. The molecule has 3 fully saturated rings. The minimum absolute atomic E-state index is 0.113. The second-order valence-electron chi connectivity index (χ2n) is 8.60. The van der Waals surface area contributed by atoms with Gasteiger partial charge in [0.2, 0.25) is 11.8 Å². The number of rotatable bonds is 3. The number of nitrogens with zero attached hydrogens (tertiary/aromatic N) is 3. The molecule has 1 spiro atoms. The fourth-order valence-electron chi connectivity index (χ4n) is 5.12. The standard InChI is InChI=1S/C21H30N4O3/c1-15(26)23-16-3-8-19(22-13-16)24-11-2-9-21(14-24)10-12-25(20(21)28)17-4-6-18(27)7-5-17/h3,8,13,17-18,27H,2,4-7,9-12,14H2,1H3,(H,23,26). The first kappa shape index (κ1) is 19.2. The van der Waals surface area contributed by atoms with Crippen molar-refractivity contribution in [2.45, 2.75) is 64.0 Å². The number of aliphatic hydroxyl groups excluding tert-OH is 1. The minimum Gasteiger partial charge on any atom is -0.393 e. The second-order valence-corrected chi connectivity index (χ2v) is 8.60. The molecule has 1 atom stereocenters. The summed E-state index contributed by atoms with van der Waals surface area (Å²) in [6.07, 6.45) is 7.75. The summed E-state index contributed by atoms with van der Waals surface area (Å²) in [7, 11) is 0. The van der Waals surface area contributed by atoms with Crippen LogP contribution in [0.5, 0.6) is 0 Å². The zero-order valence-corrected chi connectivity index (χ0v) is 16.6. The van der Waals surface area contributed by atoms with Gasteiger partial charge in [-0.2, -0.15) is 0 Å². The van der Waals surface area contributed by atoms with Gasteiger partial charge in [-0.25, -0.2) is 4.98 Å². The van der Waals surface area contributed by atoms with Crippen LogP contribution in [0.25, 0.3) is 0 Å². The number of nitrogens with one attached hydrogen (secondary N) is 1. The van der Waals surface area contributed by atoms with Crippen LogP contribution in [0.2, 0.25) is 0 Å². The summed E-state index contributed by atoms with van der Waals surface area (Å²) >= 11 is 0. The van der Waals surface area contributed by atoms with Crippen LogP contribution in [-0.4, -0.2) is 58.6 Å². The van der Waals surface area contributed by atoms with E-state index in [4.69, 9.17) is 0 Å². The van der Waals surface area contributed by atoms with Crippen LogP contribution in [0, 0.1) is 5.41 Å². The van der Waals surface area contributed by atoms with Gasteiger partial charge in [0.1, 0.15) is 5.82 Å². The van der Waals surface area contributed by atoms with Crippen molar-refractivity contribution in [1.29, 1.82) is 0 Å². The van der Waals surface area contributed by atoms with E-state index in [1.165, 1.54) is 6.92 Å². The Morgan fingerprint density at radius 1 is 1.21 bits per heavy atom. The van der Waals surface area contributed by atoms with Gasteiger partial charge in [0.25, 0.3) is 0 Å². The molecule has 7 heteroatoms. The SMILES string of the molecule is CC(=O)Nc1ccc(N2CCCC3(CCN(C4CCC(O)CC4)C3=O)C2)nc1. The number of carbonyl (C=O) groups is 2. The smallest absolute Gasteiger partial charge is 0.230 e. The van der Waals surface area contributed by atoms with Crippen LogP contribution in [-0.2, 0) is 9.59 Å². The topological polar surface area (TPSA) is 85.8 Å². The lowest BCUT2D eigenvalue weighted by molar-refractivity contribution is -0.139. The Hall–Kier alpha value is -2.15. The summed E-state index contributed by atoms with van der Waals surface area (Å²) in [4.78, 5) is 33.4. The molecule has 4 rings (SSSR count). The van der Waals surface area contributed by atoms with Gasteiger partial charge >= 0.3 is 0 Å². The molecule has 2 N–H and O–H groups in total. The number of pyridine rings is 1. The largest absolute Gasteiger partial charge is 0.393 e. The van der Waals surface area contributed by atoms with E-state index in [-0.39, 0.29) is 17.4 Å². The average molecular weight is 386 g/mol. The van der Waals surface area contributed by atoms with Crippen molar-refractivity contribution in [3.8, 4) is 0 Å². The molecular weight excluding hydrogens is 356 g/mol. The van der Waals surface area contributed by atoms with Crippen molar-refractivity contribution >= 4 is 23.3 Å². The maximum atomic E-state index is 13.4. The highest BCUT2D eigenvalue weighted by atomic mass is 16.3. The fourth-order valence-corrected chi connectivity index (χ4v) is 5.12. The van der Waals surface area contributed by atoms with Gasteiger partial charge < -0.3 is 20.2 Å². The number of carbonyl (C=O) groups excluding carboxylic acids is 2. The lowest BCUT2D eigenvalue weighted by Gasteiger charge is -2.41. The predicted molar refractivity (Wildman–Crippen MR) is 107 cm³/mol. The number of aliphatic hydroxyl groups is 1. The van der Waals surface area contributed by atoms with E-state index in [1.54, 1.807) is 6.20 Å². The Bertz CT molecular complexity index is 730. The number of anilines is 2. The molecule has 0 aromatic carbocycles. The van der Waals surface area contributed by atoms with E-state index in [2.05, 4.69) is 20.1 Å². The Balaban J connectivity index is 1.44. The quantitative estimate of drug-likeness (QED) is 0.831. The lowest BCUT2D eigenvalue weighted by Crippen LogP contribution is -2.50. The molecule has 3 aliphatic rings. The van der Waals surface area contributed by atoms with Gasteiger partial charge in [-0.05, 0) is 57.1 Å². The normalized spacial score (nSPS) is 30.7. The Morgan fingerprint density at radius 3 is 2.68 bits per heavy atom. The van der Waals surface area contributed by atoms with Crippen LogP contribution in [0.4, 0.5) is 11.5 Å². The summed E-state index contributed by atoms with van der Waals surface area (Å²) in [5.74, 6) is 1.05. The van der Waals surface area contributed by atoms with Crippen molar-refractivity contribution in [1.82, 2.24) is 9.88 Å². The Morgan fingerprint density at radius 2 is 2.00 bits per heavy atom. The van der Waals surface area contributed by atoms with E-state index in [9.17, 15) is 14.7 Å². The minimum atomic E-state index is -0.299. The zero-order chi connectivity index (χ0) is 19.7. The highest BCUT2D eigenvalue weighted by Gasteiger charge is 2.50. The van der Waals surface area contributed by atoms with Crippen molar-refractivity contribution in [2.24, 2.45) is 5.41 Å². The third-order valence-corrected chi connectivity index (χ3v) is 6.62. The van der Waals surface area contributed by atoms with Crippen LogP contribution in [0.1, 0.15) is 51.9 Å². The Kier molecular flexibility index (Phi) is 5.27. The van der Waals surface area contributed by atoms with Crippen molar-refractivity contribution in [3.05, 3.63) is 18.3 Å². The average Bonchev–Trinajstić information content (AvgIpc) is 2.98. The molecule has 1 saturated carbocycles. The summed E-state index contributed by atoms with van der Waals surface area (Å²) < 4.78 is 0. The summed E-state index contributed by atoms with van der Waals surface area (Å²) in [5, 5.41) is 12.5. The third kappa shape index (κ3) is 3.72. The summed E-state index contributed by atoms with van der Waals surface area (Å²) in [6, 6.07) is 4.08. The zero-order valence-electron chi connectivity index (χ0n) is 16.6. The van der Waals surface area contributed by atoms with Crippen LogP contribution >= 0.6 is 0 Å². The lowest BCUT2D eigenvalue weighted by atomic mass is 9.78. The monoisotopic (exact) mass is 386 g/mol.